The number of para-hydroxylation sites is 2. The van der Waals surface area contributed by atoms with Crippen molar-refractivity contribution in [2.24, 2.45) is 0 Å². The zero-order valence-electron chi connectivity index (χ0n) is 18.2. The summed E-state index contributed by atoms with van der Waals surface area (Å²) < 4.78 is 0. The van der Waals surface area contributed by atoms with E-state index in [2.05, 4.69) is 96.5 Å². The van der Waals surface area contributed by atoms with Gasteiger partial charge < -0.3 is 9.80 Å². The van der Waals surface area contributed by atoms with Crippen LogP contribution in [0.2, 0.25) is 0 Å². The summed E-state index contributed by atoms with van der Waals surface area (Å²) in [5.41, 5.74) is 5.77. The van der Waals surface area contributed by atoms with Crippen molar-refractivity contribution >= 4 is 34.9 Å². The minimum Gasteiger partial charge on any atom is -0.335 e. The van der Waals surface area contributed by atoms with Crippen LogP contribution in [0.15, 0.2) is 104 Å². The molecule has 0 unspecified atom stereocenters. The van der Waals surface area contributed by atoms with E-state index in [0.717, 1.165) is 19.5 Å². The Balaban J connectivity index is 1.29. The zero-order valence-corrected chi connectivity index (χ0v) is 19.8. The molecule has 0 aromatic heterocycles. The summed E-state index contributed by atoms with van der Waals surface area (Å²) in [4.78, 5) is 7.56. The lowest BCUT2D eigenvalue weighted by molar-refractivity contribution is 1.00. The lowest BCUT2D eigenvalue weighted by atomic mass is 10.2. The number of hydrogen-bond donors (Lipinski definition) is 0. The molecule has 0 spiro atoms. The molecule has 4 heteroatoms. The van der Waals surface area contributed by atoms with Crippen LogP contribution in [0.25, 0.3) is 0 Å². The molecular weight excluding hydrogens is 416 g/mol. The van der Waals surface area contributed by atoms with Gasteiger partial charge in [-0.25, -0.2) is 0 Å². The van der Waals surface area contributed by atoms with Crippen molar-refractivity contribution < 1.29 is 0 Å². The Hall–Kier alpha value is -2.30. The van der Waals surface area contributed by atoms with Crippen molar-refractivity contribution in [1.29, 1.82) is 0 Å². The molecule has 0 amide bonds. The predicted molar refractivity (Wildman–Crippen MR) is 137 cm³/mol. The van der Waals surface area contributed by atoms with Crippen LogP contribution in [-0.2, 0) is 0 Å². The van der Waals surface area contributed by atoms with E-state index in [4.69, 9.17) is 0 Å². The maximum absolute atomic E-state index is 2.42. The molecule has 0 N–H and O–H groups in total. The molecule has 0 bridgehead atoms. The SMILES string of the molecule is CCN1C(=CC=C2CCC(=CC=C3Sc4ccccc4N3CC)C2)Sc2ccccc21. The largest absolute Gasteiger partial charge is 0.335 e. The standard InChI is InChI=1S/C27H28N2S2/c1-3-28-22-9-5-7-11-24(22)30-26(28)17-15-20-13-14-21(19-20)16-18-27-29(4-2)23-10-6-8-12-25(23)31-27/h5-12,15-18H,3-4,13-14,19H2,1-2H3. The summed E-state index contributed by atoms with van der Waals surface area (Å²) in [6.07, 6.45) is 12.8. The lowest BCUT2D eigenvalue weighted by Crippen LogP contribution is -2.16. The third-order valence-corrected chi connectivity index (χ3v) is 8.31. The van der Waals surface area contributed by atoms with E-state index in [9.17, 15) is 0 Å². The van der Waals surface area contributed by atoms with E-state index in [1.807, 2.05) is 23.5 Å². The minimum atomic E-state index is 1.01. The Bertz CT molecular complexity index is 1020. The van der Waals surface area contributed by atoms with Crippen LogP contribution in [0.4, 0.5) is 11.4 Å². The maximum atomic E-state index is 2.42. The Kier molecular flexibility index (Phi) is 6.02. The van der Waals surface area contributed by atoms with Crippen molar-refractivity contribution in [3.8, 4) is 0 Å². The summed E-state index contributed by atoms with van der Waals surface area (Å²) in [5, 5.41) is 2.68. The van der Waals surface area contributed by atoms with Gasteiger partial charge >= 0.3 is 0 Å². The summed E-state index contributed by atoms with van der Waals surface area (Å²) in [6, 6.07) is 17.4. The molecule has 2 aliphatic heterocycles. The number of allylic oxidation sites excluding steroid dienone is 6. The second kappa shape index (κ2) is 9.05. The monoisotopic (exact) mass is 444 g/mol. The normalized spacial score (nSPS) is 22.9. The average molecular weight is 445 g/mol. The molecule has 1 fully saturated rings. The number of thioether (sulfide) groups is 2. The van der Waals surface area contributed by atoms with E-state index in [-0.39, 0.29) is 0 Å². The molecule has 0 saturated heterocycles. The van der Waals surface area contributed by atoms with Crippen LogP contribution < -0.4 is 9.80 Å². The fraction of sp³-hybridized carbons (Fsp3) is 0.259. The third kappa shape index (κ3) is 4.11. The first kappa shape index (κ1) is 20.6. The predicted octanol–water partition coefficient (Wildman–Crippen LogP) is 7.97. The number of rotatable bonds is 4. The first-order chi connectivity index (χ1) is 15.3. The first-order valence-corrected chi connectivity index (χ1v) is 12.8. The molecule has 1 saturated carbocycles. The highest BCUT2D eigenvalue weighted by molar-refractivity contribution is 8.04. The van der Waals surface area contributed by atoms with Gasteiger partial charge in [-0.15, -0.1) is 0 Å². The average Bonchev–Trinajstić information content (AvgIpc) is 3.50. The molecule has 31 heavy (non-hydrogen) atoms. The van der Waals surface area contributed by atoms with Gasteiger partial charge in [-0.05, 0) is 69.5 Å². The summed E-state index contributed by atoms with van der Waals surface area (Å²) in [7, 11) is 0. The molecule has 0 radical (unpaired) electrons. The Labute approximate surface area is 194 Å². The molecule has 1 aliphatic carbocycles. The maximum Gasteiger partial charge on any atom is 0.0801 e. The van der Waals surface area contributed by atoms with Crippen molar-refractivity contribution in [1.82, 2.24) is 0 Å². The molecule has 0 atom stereocenters. The first-order valence-electron chi connectivity index (χ1n) is 11.1. The Morgan fingerprint density at radius 1 is 0.677 bits per heavy atom. The lowest BCUT2D eigenvalue weighted by Gasteiger charge is -2.17. The van der Waals surface area contributed by atoms with Gasteiger partial charge in [0.05, 0.1) is 21.4 Å². The van der Waals surface area contributed by atoms with E-state index in [0.29, 0.717) is 0 Å². The zero-order chi connectivity index (χ0) is 21.2. The fourth-order valence-electron chi connectivity index (χ4n) is 4.46. The van der Waals surface area contributed by atoms with Crippen LogP contribution in [-0.4, -0.2) is 13.1 Å². The number of hydrogen-bond acceptors (Lipinski definition) is 4. The fourth-order valence-corrected chi connectivity index (χ4v) is 6.72. The van der Waals surface area contributed by atoms with Crippen LogP contribution in [0.3, 0.4) is 0 Å². The van der Waals surface area contributed by atoms with Gasteiger partial charge in [0, 0.05) is 22.9 Å². The molecule has 2 heterocycles. The van der Waals surface area contributed by atoms with Gasteiger partial charge in [0.25, 0.3) is 0 Å². The summed E-state index contributed by atoms with van der Waals surface area (Å²) in [6.45, 7) is 6.47. The minimum absolute atomic E-state index is 1.01. The second-order valence-electron chi connectivity index (χ2n) is 7.96. The van der Waals surface area contributed by atoms with Gasteiger partial charge in [0.1, 0.15) is 0 Å². The highest BCUT2D eigenvalue weighted by Gasteiger charge is 2.24. The Morgan fingerprint density at radius 3 is 1.58 bits per heavy atom. The highest BCUT2D eigenvalue weighted by Crippen LogP contribution is 2.47. The van der Waals surface area contributed by atoms with E-state index < -0.39 is 0 Å². The molecule has 2 nitrogen and oxygen atoms in total. The molecule has 5 rings (SSSR count). The van der Waals surface area contributed by atoms with E-state index in [1.165, 1.54) is 44.1 Å². The van der Waals surface area contributed by atoms with Gasteiger partial charge in [0.15, 0.2) is 0 Å². The van der Waals surface area contributed by atoms with Gasteiger partial charge in [-0.2, -0.15) is 0 Å². The molecule has 3 aliphatic rings. The second-order valence-corrected chi connectivity index (χ2v) is 10.1. The van der Waals surface area contributed by atoms with Crippen LogP contribution >= 0.6 is 23.5 Å². The van der Waals surface area contributed by atoms with Gasteiger partial charge in [0.2, 0.25) is 0 Å². The Morgan fingerprint density at radius 2 is 1.13 bits per heavy atom. The van der Waals surface area contributed by atoms with Crippen LogP contribution in [0.1, 0.15) is 33.1 Å². The van der Waals surface area contributed by atoms with E-state index in [1.54, 1.807) is 11.1 Å². The van der Waals surface area contributed by atoms with Gasteiger partial charge in [-0.3, -0.25) is 0 Å². The number of anilines is 2. The quantitative estimate of drug-likeness (QED) is 0.471. The van der Waals surface area contributed by atoms with Crippen molar-refractivity contribution in [3.63, 3.8) is 0 Å². The van der Waals surface area contributed by atoms with Crippen molar-refractivity contribution in [3.05, 3.63) is 94.0 Å². The smallest absolute Gasteiger partial charge is 0.0801 e. The van der Waals surface area contributed by atoms with Crippen molar-refractivity contribution in [2.75, 3.05) is 22.9 Å². The highest BCUT2D eigenvalue weighted by atomic mass is 32.2. The van der Waals surface area contributed by atoms with Crippen LogP contribution in [0.5, 0.6) is 0 Å². The van der Waals surface area contributed by atoms with Crippen molar-refractivity contribution in [2.45, 2.75) is 42.9 Å². The summed E-state index contributed by atoms with van der Waals surface area (Å²) in [5.74, 6) is 0. The number of nitrogens with zero attached hydrogens (tertiary/aromatic N) is 2. The van der Waals surface area contributed by atoms with E-state index >= 15 is 0 Å². The molecule has 2 aromatic rings. The molecular formula is C27H28N2S2. The summed E-state index contributed by atoms with van der Waals surface area (Å²) >= 11 is 3.77. The molecule has 158 valence electrons. The third-order valence-electron chi connectivity index (χ3n) is 6.05. The molecule has 2 aromatic carbocycles. The number of fused-ring (bicyclic) bond motifs is 2. The van der Waals surface area contributed by atoms with Gasteiger partial charge in [-0.1, -0.05) is 71.1 Å². The number of benzene rings is 2. The van der Waals surface area contributed by atoms with Crippen LogP contribution in [0, 0.1) is 0 Å². The topological polar surface area (TPSA) is 6.48 Å².